The number of Topliss-reactive ketones (excluding diaryl/α,β-unsaturated/α-hetero) is 1. The fourth-order valence-corrected chi connectivity index (χ4v) is 2.32. The summed E-state index contributed by atoms with van der Waals surface area (Å²) in [4.78, 5) is 24.3. The van der Waals surface area contributed by atoms with Crippen LogP contribution in [0.2, 0.25) is 0 Å². The van der Waals surface area contributed by atoms with Crippen molar-refractivity contribution < 1.29 is 14.3 Å². The molecule has 0 radical (unpaired) electrons. The Morgan fingerprint density at radius 3 is 2.62 bits per heavy atom. The molecule has 2 rings (SSSR count). The van der Waals surface area contributed by atoms with Gasteiger partial charge in [-0.25, -0.2) is 4.79 Å². The summed E-state index contributed by atoms with van der Waals surface area (Å²) < 4.78 is 5.22. The average molecular weight is 290 g/mol. The molecule has 1 aliphatic heterocycles. The van der Waals surface area contributed by atoms with E-state index in [1.807, 2.05) is 0 Å². The molecule has 1 unspecified atom stereocenters. The van der Waals surface area contributed by atoms with Crippen LogP contribution >= 0.6 is 0 Å². The van der Waals surface area contributed by atoms with Crippen molar-refractivity contribution in [2.75, 3.05) is 11.9 Å². The predicted molar refractivity (Wildman–Crippen MR) is 81.7 cm³/mol. The number of anilines is 1. The van der Waals surface area contributed by atoms with Gasteiger partial charge in [0.05, 0.1) is 11.7 Å². The van der Waals surface area contributed by atoms with Crippen LogP contribution in [-0.2, 0) is 4.74 Å². The van der Waals surface area contributed by atoms with Crippen LogP contribution < -0.4 is 10.6 Å². The Hall–Kier alpha value is -1.88. The SMILES string of the molecule is CC(C)(C)OC(=O)Nc1ccccc1C(=O)C1CCCN1. The first kappa shape index (κ1) is 15.5. The number of ketones is 1. The van der Waals surface area contributed by atoms with Gasteiger partial charge in [-0.3, -0.25) is 10.1 Å². The number of hydrogen-bond acceptors (Lipinski definition) is 4. The highest BCUT2D eigenvalue weighted by Crippen LogP contribution is 2.21. The number of rotatable bonds is 3. The molecule has 5 heteroatoms. The van der Waals surface area contributed by atoms with Gasteiger partial charge >= 0.3 is 6.09 Å². The molecule has 0 aliphatic carbocycles. The maximum absolute atomic E-state index is 12.5. The summed E-state index contributed by atoms with van der Waals surface area (Å²) in [6.07, 6.45) is 1.28. The number of carbonyl (C=O) groups excluding carboxylic acids is 2. The maximum atomic E-state index is 12.5. The second-order valence-electron chi connectivity index (χ2n) is 6.19. The van der Waals surface area contributed by atoms with Gasteiger partial charge in [-0.1, -0.05) is 12.1 Å². The first-order valence-corrected chi connectivity index (χ1v) is 7.23. The Labute approximate surface area is 125 Å². The lowest BCUT2D eigenvalue weighted by atomic mass is 10.0. The summed E-state index contributed by atoms with van der Waals surface area (Å²) >= 11 is 0. The summed E-state index contributed by atoms with van der Waals surface area (Å²) in [5.74, 6) is 0.0131. The molecular weight excluding hydrogens is 268 g/mol. The van der Waals surface area contributed by atoms with E-state index in [0.717, 1.165) is 19.4 Å². The Bertz CT molecular complexity index is 529. The molecule has 0 saturated carbocycles. The molecule has 114 valence electrons. The molecule has 0 aromatic heterocycles. The van der Waals surface area contributed by atoms with Gasteiger partial charge in [-0.15, -0.1) is 0 Å². The fourth-order valence-electron chi connectivity index (χ4n) is 2.32. The molecule has 1 heterocycles. The predicted octanol–water partition coefficient (Wildman–Crippen LogP) is 2.97. The quantitative estimate of drug-likeness (QED) is 0.840. The van der Waals surface area contributed by atoms with Gasteiger partial charge in [0, 0.05) is 5.56 Å². The van der Waals surface area contributed by atoms with Gasteiger partial charge in [0.25, 0.3) is 0 Å². The number of benzene rings is 1. The first-order valence-electron chi connectivity index (χ1n) is 7.23. The van der Waals surface area contributed by atoms with Crippen molar-refractivity contribution in [3.05, 3.63) is 29.8 Å². The molecule has 21 heavy (non-hydrogen) atoms. The molecule has 2 N–H and O–H groups in total. The van der Waals surface area contributed by atoms with Crippen LogP contribution in [0.1, 0.15) is 44.0 Å². The lowest BCUT2D eigenvalue weighted by molar-refractivity contribution is 0.0636. The third kappa shape index (κ3) is 4.29. The molecule has 0 spiro atoms. The standard InChI is InChI=1S/C16H22N2O3/c1-16(2,3)21-15(20)18-12-8-5-4-7-11(12)14(19)13-9-6-10-17-13/h4-5,7-8,13,17H,6,9-10H2,1-3H3,(H,18,20). The first-order chi connectivity index (χ1) is 9.87. The van der Waals surface area contributed by atoms with E-state index in [1.165, 1.54) is 0 Å². The lowest BCUT2D eigenvalue weighted by Crippen LogP contribution is -2.32. The number of carbonyl (C=O) groups is 2. The highest BCUT2D eigenvalue weighted by atomic mass is 16.6. The monoisotopic (exact) mass is 290 g/mol. The Morgan fingerprint density at radius 1 is 1.29 bits per heavy atom. The van der Waals surface area contributed by atoms with Gasteiger partial charge in [-0.05, 0) is 52.3 Å². The molecule has 1 saturated heterocycles. The van der Waals surface area contributed by atoms with Crippen LogP contribution in [0, 0.1) is 0 Å². The Balaban J connectivity index is 2.13. The minimum Gasteiger partial charge on any atom is -0.444 e. The minimum atomic E-state index is -0.573. The molecule has 1 fully saturated rings. The Morgan fingerprint density at radius 2 is 2.00 bits per heavy atom. The fraction of sp³-hybridized carbons (Fsp3) is 0.500. The zero-order valence-corrected chi connectivity index (χ0v) is 12.7. The molecule has 1 atom stereocenters. The smallest absolute Gasteiger partial charge is 0.412 e. The van der Waals surface area contributed by atoms with Crippen molar-refractivity contribution in [2.45, 2.75) is 45.3 Å². The third-order valence-corrected chi connectivity index (χ3v) is 3.20. The molecule has 0 bridgehead atoms. The summed E-state index contributed by atoms with van der Waals surface area (Å²) in [5, 5.41) is 5.84. The molecule has 1 aromatic carbocycles. The Kier molecular flexibility index (Phi) is 4.63. The van der Waals surface area contributed by atoms with Gasteiger partial charge in [-0.2, -0.15) is 0 Å². The maximum Gasteiger partial charge on any atom is 0.412 e. The van der Waals surface area contributed by atoms with Gasteiger partial charge in [0.2, 0.25) is 0 Å². The van der Waals surface area contributed by atoms with Gasteiger partial charge < -0.3 is 10.1 Å². The van der Waals surface area contributed by atoms with Crippen LogP contribution in [0.15, 0.2) is 24.3 Å². The van der Waals surface area contributed by atoms with Crippen molar-refractivity contribution in [1.29, 1.82) is 0 Å². The van der Waals surface area contributed by atoms with Crippen molar-refractivity contribution in [1.82, 2.24) is 5.32 Å². The van der Waals surface area contributed by atoms with Crippen molar-refractivity contribution >= 4 is 17.6 Å². The van der Waals surface area contributed by atoms with E-state index in [2.05, 4.69) is 10.6 Å². The van der Waals surface area contributed by atoms with Crippen LogP contribution in [-0.4, -0.2) is 30.1 Å². The van der Waals surface area contributed by atoms with E-state index in [9.17, 15) is 9.59 Å². The van der Waals surface area contributed by atoms with E-state index in [1.54, 1.807) is 45.0 Å². The summed E-state index contributed by atoms with van der Waals surface area (Å²) in [6, 6.07) is 6.86. The molecule has 1 amide bonds. The lowest BCUT2D eigenvalue weighted by Gasteiger charge is -2.20. The summed E-state index contributed by atoms with van der Waals surface area (Å²) in [7, 11) is 0. The molecule has 5 nitrogen and oxygen atoms in total. The molecule has 1 aromatic rings. The third-order valence-electron chi connectivity index (χ3n) is 3.20. The summed E-state index contributed by atoms with van der Waals surface area (Å²) in [6.45, 7) is 6.25. The van der Waals surface area contributed by atoms with Gasteiger partial charge in [0.15, 0.2) is 5.78 Å². The number of hydrogen-bond donors (Lipinski definition) is 2. The zero-order valence-electron chi connectivity index (χ0n) is 12.7. The number of amides is 1. The van der Waals surface area contributed by atoms with Crippen molar-refractivity contribution in [3.8, 4) is 0 Å². The highest BCUT2D eigenvalue weighted by molar-refractivity contribution is 6.06. The van der Waals surface area contributed by atoms with Crippen LogP contribution in [0.5, 0.6) is 0 Å². The number of ether oxygens (including phenoxy) is 1. The largest absolute Gasteiger partial charge is 0.444 e. The van der Waals surface area contributed by atoms with E-state index >= 15 is 0 Å². The van der Waals surface area contributed by atoms with E-state index in [0.29, 0.717) is 11.3 Å². The second-order valence-corrected chi connectivity index (χ2v) is 6.19. The average Bonchev–Trinajstić information content (AvgIpc) is 2.90. The van der Waals surface area contributed by atoms with Crippen molar-refractivity contribution in [3.63, 3.8) is 0 Å². The summed E-state index contributed by atoms with van der Waals surface area (Å²) in [5.41, 5.74) is 0.434. The second kappa shape index (κ2) is 6.26. The molecular formula is C16H22N2O3. The number of nitrogens with one attached hydrogen (secondary N) is 2. The van der Waals surface area contributed by atoms with Crippen LogP contribution in [0.25, 0.3) is 0 Å². The minimum absolute atomic E-state index is 0.0131. The van der Waals surface area contributed by atoms with Gasteiger partial charge in [0.1, 0.15) is 5.60 Å². The zero-order chi connectivity index (χ0) is 15.5. The normalized spacial score (nSPS) is 18.3. The van der Waals surface area contributed by atoms with E-state index in [-0.39, 0.29) is 11.8 Å². The number of para-hydroxylation sites is 1. The van der Waals surface area contributed by atoms with Crippen molar-refractivity contribution in [2.24, 2.45) is 0 Å². The van der Waals surface area contributed by atoms with Crippen LogP contribution in [0.4, 0.5) is 10.5 Å². The highest BCUT2D eigenvalue weighted by Gasteiger charge is 2.26. The topological polar surface area (TPSA) is 67.4 Å². The molecule has 1 aliphatic rings. The van der Waals surface area contributed by atoms with Crippen LogP contribution in [0.3, 0.4) is 0 Å². The van der Waals surface area contributed by atoms with E-state index < -0.39 is 11.7 Å². The van der Waals surface area contributed by atoms with E-state index in [4.69, 9.17) is 4.74 Å².